The number of hydrogen-bond donors (Lipinski definition) is 1. The number of ether oxygens (including phenoxy) is 2. The third-order valence-corrected chi connectivity index (χ3v) is 3.17. The Morgan fingerprint density at radius 2 is 1.80 bits per heavy atom. The van der Waals surface area contributed by atoms with E-state index in [1.807, 2.05) is 61.5 Å². The van der Waals surface area contributed by atoms with Crippen molar-refractivity contribution >= 4 is 0 Å². The molecule has 3 nitrogen and oxygen atoms in total. The van der Waals surface area contributed by atoms with Gasteiger partial charge in [0.1, 0.15) is 5.75 Å². The lowest BCUT2D eigenvalue weighted by Gasteiger charge is -2.22. The van der Waals surface area contributed by atoms with Crippen LogP contribution in [-0.4, -0.2) is 13.2 Å². The predicted octanol–water partition coefficient (Wildman–Crippen LogP) is 3.30. The molecule has 2 aromatic carbocycles. The standard InChI is InChI=1S/C17H21NO2/c1-13(18)17(15-8-4-3-5-9-15)20-12-14-7-6-10-16(11-14)19-2/h3-11,13,17H,12,18H2,1-2H3. The molecule has 0 aliphatic carbocycles. The van der Waals surface area contributed by atoms with Gasteiger partial charge in [-0.2, -0.15) is 0 Å². The lowest BCUT2D eigenvalue weighted by atomic mass is 10.0. The van der Waals surface area contributed by atoms with Gasteiger partial charge in [-0.25, -0.2) is 0 Å². The molecule has 2 rings (SSSR count). The smallest absolute Gasteiger partial charge is 0.119 e. The Bertz CT molecular complexity index is 526. The number of methoxy groups -OCH3 is 1. The van der Waals surface area contributed by atoms with Crippen molar-refractivity contribution in [3.05, 3.63) is 65.7 Å². The summed E-state index contributed by atoms with van der Waals surface area (Å²) >= 11 is 0. The summed E-state index contributed by atoms with van der Waals surface area (Å²) in [6, 6.07) is 17.9. The van der Waals surface area contributed by atoms with Crippen molar-refractivity contribution in [2.45, 2.75) is 25.7 Å². The van der Waals surface area contributed by atoms with Gasteiger partial charge in [0.05, 0.1) is 19.8 Å². The van der Waals surface area contributed by atoms with Crippen LogP contribution in [0, 0.1) is 0 Å². The Morgan fingerprint density at radius 3 is 2.45 bits per heavy atom. The zero-order valence-electron chi connectivity index (χ0n) is 12.0. The second-order valence-electron chi connectivity index (χ2n) is 4.85. The Kier molecular flexibility index (Phi) is 5.16. The van der Waals surface area contributed by atoms with Crippen molar-refractivity contribution < 1.29 is 9.47 Å². The zero-order chi connectivity index (χ0) is 14.4. The van der Waals surface area contributed by atoms with Crippen LogP contribution in [0.15, 0.2) is 54.6 Å². The molecule has 0 aliphatic heterocycles. The van der Waals surface area contributed by atoms with E-state index < -0.39 is 0 Å². The number of benzene rings is 2. The van der Waals surface area contributed by atoms with Gasteiger partial charge >= 0.3 is 0 Å². The van der Waals surface area contributed by atoms with Gasteiger partial charge in [0.15, 0.2) is 0 Å². The monoisotopic (exact) mass is 271 g/mol. The van der Waals surface area contributed by atoms with Gasteiger partial charge in [-0.3, -0.25) is 0 Å². The first kappa shape index (κ1) is 14.6. The Hall–Kier alpha value is -1.84. The van der Waals surface area contributed by atoms with Crippen LogP contribution < -0.4 is 10.5 Å². The van der Waals surface area contributed by atoms with E-state index in [4.69, 9.17) is 15.2 Å². The normalized spacial score (nSPS) is 13.8. The molecule has 0 spiro atoms. The summed E-state index contributed by atoms with van der Waals surface area (Å²) in [7, 11) is 1.66. The highest BCUT2D eigenvalue weighted by Gasteiger charge is 2.16. The maximum atomic E-state index is 6.04. The van der Waals surface area contributed by atoms with E-state index in [-0.39, 0.29) is 12.1 Å². The quantitative estimate of drug-likeness (QED) is 0.876. The van der Waals surface area contributed by atoms with Crippen molar-refractivity contribution in [1.82, 2.24) is 0 Å². The molecule has 2 N–H and O–H groups in total. The highest BCUT2D eigenvalue weighted by atomic mass is 16.5. The molecular weight excluding hydrogens is 250 g/mol. The highest BCUT2D eigenvalue weighted by Crippen LogP contribution is 2.22. The van der Waals surface area contributed by atoms with E-state index in [0.29, 0.717) is 6.61 Å². The van der Waals surface area contributed by atoms with Crippen LogP contribution in [0.1, 0.15) is 24.2 Å². The average molecular weight is 271 g/mol. The fraction of sp³-hybridized carbons (Fsp3) is 0.294. The molecule has 0 saturated carbocycles. The molecular formula is C17H21NO2. The van der Waals surface area contributed by atoms with Crippen LogP contribution in [0.4, 0.5) is 0 Å². The fourth-order valence-corrected chi connectivity index (χ4v) is 2.14. The summed E-state index contributed by atoms with van der Waals surface area (Å²) in [6.45, 7) is 2.47. The van der Waals surface area contributed by atoms with Crippen LogP contribution in [0.3, 0.4) is 0 Å². The lowest BCUT2D eigenvalue weighted by molar-refractivity contribution is 0.0258. The third-order valence-electron chi connectivity index (χ3n) is 3.17. The van der Waals surface area contributed by atoms with E-state index >= 15 is 0 Å². The van der Waals surface area contributed by atoms with Crippen molar-refractivity contribution in [2.24, 2.45) is 5.73 Å². The van der Waals surface area contributed by atoms with E-state index in [0.717, 1.165) is 16.9 Å². The summed E-state index contributed by atoms with van der Waals surface area (Å²) in [4.78, 5) is 0. The van der Waals surface area contributed by atoms with Gasteiger partial charge in [-0.15, -0.1) is 0 Å². The van der Waals surface area contributed by atoms with Gasteiger partial charge in [0.25, 0.3) is 0 Å². The van der Waals surface area contributed by atoms with Crippen LogP contribution in [0.25, 0.3) is 0 Å². The van der Waals surface area contributed by atoms with Gasteiger partial charge in [0, 0.05) is 6.04 Å². The first-order chi connectivity index (χ1) is 9.70. The first-order valence-corrected chi connectivity index (χ1v) is 6.76. The van der Waals surface area contributed by atoms with E-state index in [9.17, 15) is 0 Å². The second kappa shape index (κ2) is 7.08. The number of nitrogens with two attached hydrogens (primary N) is 1. The van der Waals surface area contributed by atoms with Gasteiger partial charge < -0.3 is 15.2 Å². The molecule has 0 fully saturated rings. The summed E-state index contributed by atoms with van der Waals surface area (Å²) in [5.74, 6) is 0.836. The summed E-state index contributed by atoms with van der Waals surface area (Å²) in [5, 5.41) is 0. The highest BCUT2D eigenvalue weighted by molar-refractivity contribution is 5.28. The molecule has 0 radical (unpaired) electrons. The minimum Gasteiger partial charge on any atom is -0.497 e. The predicted molar refractivity (Wildman–Crippen MR) is 80.6 cm³/mol. The molecule has 2 unspecified atom stereocenters. The molecule has 2 aromatic rings. The van der Waals surface area contributed by atoms with E-state index in [1.54, 1.807) is 7.11 Å². The third kappa shape index (κ3) is 3.83. The minimum absolute atomic E-state index is 0.0667. The average Bonchev–Trinajstić information content (AvgIpc) is 2.48. The van der Waals surface area contributed by atoms with Crippen LogP contribution in [0.2, 0.25) is 0 Å². The summed E-state index contributed by atoms with van der Waals surface area (Å²) in [5.41, 5.74) is 8.22. The van der Waals surface area contributed by atoms with E-state index in [2.05, 4.69) is 0 Å². The molecule has 0 aromatic heterocycles. The second-order valence-corrected chi connectivity index (χ2v) is 4.85. The largest absolute Gasteiger partial charge is 0.497 e. The summed E-state index contributed by atoms with van der Waals surface area (Å²) < 4.78 is 11.2. The lowest BCUT2D eigenvalue weighted by Crippen LogP contribution is -2.26. The SMILES string of the molecule is COc1cccc(COC(c2ccccc2)C(C)N)c1. The van der Waals surface area contributed by atoms with Crippen molar-refractivity contribution in [3.8, 4) is 5.75 Å². The number of hydrogen-bond acceptors (Lipinski definition) is 3. The van der Waals surface area contributed by atoms with Crippen LogP contribution >= 0.6 is 0 Å². The van der Waals surface area contributed by atoms with Crippen LogP contribution in [-0.2, 0) is 11.3 Å². The molecule has 20 heavy (non-hydrogen) atoms. The van der Waals surface area contributed by atoms with Gasteiger partial charge in [-0.05, 0) is 30.2 Å². The van der Waals surface area contributed by atoms with Crippen molar-refractivity contribution in [1.29, 1.82) is 0 Å². The molecule has 0 amide bonds. The van der Waals surface area contributed by atoms with E-state index in [1.165, 1.54) is 0 Å². The van der Waals surface area contributed by atoms with Gasteiger partial charge in [-0.1, -0.05) is 42.5 Å². The maximum Gasteiger partial charge on any atom is 0.119 e. The molecule has 106 valence electrons. The molecule has 0 saturated heterocycles. The summed E-state index contributed by atoms with van der Waals surface area (Å²) in [6.07, 6.45) is -0.109. The molecule has 0 bridgehead atoms. The number of rotatable bonds is 6. The molecule has 3 heteroatoms. The van der Waals surface area contributed by atoms with Crippen molar-refractivity contribution in [3.63, 3.8) is 0 Å². The molecule has 0 heterocycles. The Morgan fingerprint density at radius 1 is 1.05 bits per heavy atom. The molecule has 0 aliphatic rings. The minimum atomic E-state index is -0.109. The Balaban J connectivity index is 2.06. The fourth-order valence-electron chi connectivity index (χ4n) is 2.14. The zero-order valence-corrected chi connectivity index (χ0v) is 12.0. The van der Waals surface area contributed by atoms with Gasteiger partial charge in [0.2, 0.25) is 0 Å². The topological polar surface area (TPSA) is 44.5 Å². The maximum absolute atomic E-state index is 6.04. The Labute approximate surface area is 120 Å². The van der Waals surface area contributed by atoms with Crippen molar-refractivity contribution in [2.75, 3.05) is 7.11 Å². The molecule has 2 atom stereocenters. The first-order valence-electron chi connectivity index (χ1n) is 6.76. The van der Waals surface area contributed by atoms with Crippen LogP contribution in [0.5, 0.6) is 5.75 Å².